The number of benzene rings is 1. The summed E-state index contributed by atoms with van der Waals surface area (Å²) >= 11 is 0. The molecule has 0 saturated heterocycles. The average molecular weight is 272 g/mol. The summed E-state index contributed by atoms with van der Waals surface area (Å²) in [5.74, 6) is -0.309. The van der Waals surface area contributed by atoms with E-state index in [4.69, 9.17) is 9.94 Å². The summed E-state index contributed by atoms with van der Waals surface area (Å²) in [6, 6.07) is 5.47. The Balaban J connectivity index is 2.13. The summed E-state index contributed by atoms with van der Waals surface area (Å²) in [4.78, 5) is 15.1. The molecule has 0 fully saturated rings. The number of ether oxygens (including phenoxy) is 1. The SMILES string of the molecule is CCOC(=O)c1ccc2[nH]c3c(c2c1)CCC/C3=N\O. The standard InChI is InChI=1S/C15H16N2O3/c1-2-20-15(18)9-6-7-12-11(8-9)10-4-3-5-13(17-19)14(10)16-12/h6-8,16,19H,2-5H2,1H3/b17-13+. The Morgan fingerprint density at radius 1 is 1.45 bits per heavy atom. The first-order chi connectivity index (χ1) is 9.74. The van der Waals surface area contributed by atoms with Gasteiger partial charge in [-0.25, -0.2) is 4.79 Å². The first kappa shape index (κ1) is 12.7. The van der Waals surface area contributed by atoms with Crippen molar-refractivity contribution in [2.75, 3.05) is 6.61 Å². The molecule has 1 heterocycles. The van der Waals surface area contributed by atoms with Crippen LogP contribution in [0.1, 0.15) is 41.4 Å². The van der Waals surface area contributed by atoms with Crippen LogP contribution in [0.25, 0.3) is 10.9 Å². The van der Waals surface area contributed by atoms with Crippen LogP contribution in [-0.2, 0) is 11.2 Å². The van der Waals surface area contributed by atoms with Crippen LogP contribution in [0.3, 0.4) is 0 Å². The van der Waals surface area contributed by atoms with Gasteiger partial charge in [0, 0.05) is 10.9 Å². The van der Waals surface area contributed by atoms with Crippen LogP contribution in [-0.4, -0.2) is 28.5 Å². The lowest BCUT2D eigenvalue weighted by molar-refractivity contribution is 0.0526. The number of hydrogen-bond acceptors (Lipinski definition) is 4. The Morgan fingerprint density at radius 2 is 2.30 bits per heavy atom. The average Bonchev–Trinajstić information content (AvgIpc) is 2.85. The minimum Gasteiger partial charge on any atom is -0.462 e. The number of carbonyl (C=O) groups excluding carboxylic acids is 1. The van der Waals surface area contributed by atoms with Gasteiger partial charge in [0.15, 0.2) is 0 Å². The number of nitrogens with zero attached hydrogens (tertiary/aromatic N) is 1. The minimum absolute atomic E-state index is 0.309. The van der Waals surface area contributed by atoms with Crippen LogP contribution in [0.2, 0.25) is 0 Å². The van der Waals surface area contributed by atoms with Gasteiger partial charge in [-0.1, -0.05) is 5.16 Å². The normalized spacial score (nSPS) is 16.4. The van der Waals surface area contributed by atoms with E-state index in [2.05, 4.69) is 10.1 Å². The van der Waals surface area contributed by atoms with Crippen LogP contribution in [0.15, 0.2) is 23.4 Å². The number of carbonyl (C=O) groups is 1. The number of rotatable bonds is 2. The minimum atomic E-state index is -0.309. The van der Waals surface area contributed by atoms with Gasteiger partial charge in [0.1, 0.15) is 5.71 Å². The number of aromatic amines is 1. The molecule has 0 bridgehead atoms. The number of fused-ring (bicyclic) bond motifs is 3. The molecule has 1 aromatic heterocycles. The molecule has 1 aliphatic carbocycles. The molecule has 0 atom stereocenters. The molecule has 2 N–H and O–H groups in total. The highest BCUT2D eigenvalue weighted by Gasteiger charge is 2.21. The van der Waals surface area contributed by atoms with E-state index in [0.29, 0.717) is 17.9 Å². The molecule has 0 spiro atoms. The van der Waals surface area contributed by atoms with Gasteiger partial charge in [-0.2, -0.15) is 0 Å². The molecule has 3 rings (SSSR count). The second kappa shape index (κ2) is 5.00. The Bertz CT molecular complexity index is 700. The maximum Gasteiger partial charge on any atom is 0.338 e. The third-order valence-corrected chi connectivity index (χ3v) is 3.67. The predicted molar refractivity (Wildman–Crippen MR) is 75.5 cm³/mol. The van der Waals surface area contributed by atoms with E-state index in [1.807, 2.05) is 12.1 Å². The third-order valence-electron chi connectivity index (χ3n) is 3.67. The number of hydrogen-bond donors (Lipinski definition) is 2. The van der Waals surface area contributed by atoms with Crippen molar-refractivity contribution in [2.45, 2.75) is 26.2 Å². The second-order valence-corrected chi connectivity index (χ2v) is 4.86. The van der Waals surface area contributed by atoms with Crippen molar-refractivity contribution in [1.29, 1.82) is 0 Å². The zero-order valence-corrected chi connectivity index (χ0v) is 11.3. The maximum absolute atomic E-state index is 11.8. The number of nitrogens with one attached hydrogen (secondary N) is 1. The highest BCUT2D eigenvalue weighted by atomic mass is 16.5. The zero-order chi connectivity index (χ0) is 14.1. The van der Waals surface area contributed by atoms with Crippen LogP contribution in [0.5, 0.6) is 0 Å². The molecule has 1 aromatic carbocycles. The topological polar surface area (TPSA) is 74.7 Å². The molecule has 0 amide bonds. The van der Waals surface area contributed by atoms with E-state index in [0.717, 1.165) is 41.4 Å². The summed E-state index contributed by atoms with van der Waals surface area (Å²) < 4.78 is 5.03. The molecule has 0 radical (unpaired) electrons. The molecule has 0 unspecified atom stereocenters. The molecular formula is C15H16N2O3. The molecule has 0 saturated carbocycles. The highest BCUT2D eigenvalue weighted by molar-refractivity contribution is 6.07. The lowest BCUT2D eigenvalue weighted by Crippen LogP contribution is -2.11. The lowest BCUT2D eigenvalue weighted by atomic mass is 9.93. The molecule has 20 heavy (non-hydrogen) atoms. The first-order valence-corrected chi connectivity index (χ1v) is 6.77. The van der Waals surface area contributed by atoms with E-state index >= 15 is 0 Å². The molecule has 0 aliphatic heterocycles. The fourth-order valence-corrected chi connectivity index (χ4v) is 2.75. The van der Waals surface area contributed by atoms with Gasteiger partial charge in [0.2, 0.25) is 0 Å². The zero-order valence-electron chi connectivity index (χ0n) is 11.3. The van der Waals surface area contributed by atoms with E-state index in [-0.39, 0.29) is 5.97 Å². The van der Waals surface area contributed by atoms with E-state index in [1.54, 1.807) is 13.0 Å². The van der Waals surface area contributed by atoms with Crippen molar-refractivity contribution in [3.63, 3.8) is 0 Å². The van der Waals surface area contributed by atoms with Crippen molar-refractivity contribution >= 4 is 22.6 Å². The van der Waals surface area contributed by atoms with Crippen molar-refractivity contribution < 1.29 is 14.7 Å². The fourth-order valence-electron chi connectivity index (χ4n) is 2.75. The summed E-state index contributed by atoms with van der Waals surface area (Å²) in [6.45, 7) is 2.15. The molecular weight excluding hydrogens is 256 g/mol. The monoisotopic (exact) mass is 272 g/mol. The summed E-state index contributed by atoms with van der Waals surface area (Å²) in [5.41, 5.74) is 4.18. The van der Waals surface area contributed by atoms with Gasteiger partial charge in [-0.3, -0.25) is 0 Å². The predicted octanol–water partition coefficient (Wildman–Crippen LogP) is 2.86. The number of aryl methyl sites for hydroxylation is 1. The molecule has 104 valence electrons. The van der Waals surface area contributed by atoms with Crippen molar-refractivity contribution in [1.82, 2.24) is 4.98 Å². The molecule has 2 aromatic rings. The second-order valence-electron chi connectivity index (χ2n) is 4.86. The fraction of sp³-hybridized carbons (Fsp3) is 0.333. The van der Waals surface area contributed by atoms with Crippen molar-refractivity contribution in [2.24, 2.45) is 5.16 Å². The summed E-state index contributed by atoms with van der Waals surface area (Å²) in [7, 11) is 0. The quantitative estimate of drug-likeness (QED) is 0.501. The first-order valence-electron chi connectivity index (χ1n) is 6.77. The Hall–Kier alpha value is -2.30. The third kappa shape index (κ3) is 1.95. The van der Waals surface area contributed by atoms with Gasteiger partial charge in [0.25, 0.3) is 0 Å². The molecule has 5 nitrogen and oxygen atoms in total. The summed E-state index contributed by atoms with van der Waals surface area (Å²) in [5, 5.41) is 13.4. The van der Waals surface area contributed by atoms with Gasteiger partial charge in [-0.15, -0.1) is 0 Å². The Labute approximate surface area is 116 Å². The van der Waals surface area contributed by atoms with Crippen LogP contribution < -0.4 is 0 Å². The highest BCUT2D eigenvalue weighted by Crippen LogP contribution is 2.30. The molecule has 1 aliphatic rings. The van der Waals surface area contributed by atoms with Gasteiger partial charge < -0.3 is 14.9 Å². The number of esters is 1. The Kier molecular flexibility index (Phi) is 3.18. The van der Waals surface area contributed by atoms with Gasteiger partial charge in [0.05, 0.1) is 17.9 Å². The number of H-pyrrole nitrogens is 1. The molecule has 5 heteroatoms. The number of aromatic nitrogens is 1. The van der Waals surface area contributed by atoms with Crippen LogP contribution in [0, 0.1) is 0 Å². The van der Waals surface area contributed by atoms with Crippen molar-refractivity contribution in [3.8, 4) is 0 Å². The van der Waals surface area contributed by atoms with E-state index < -0.39 is 0 Å². The summed E-state index contributed by atoms with van der Waals surface area (Å²) in [6.07, 6.45) is 2.63. The smallest absolute Gasteiger partial charge is 0.338 e. The van der Waals surface area contributed by atoms with Crippen molar-refractivity contribution in [3.05, 3.63) is 35.0 Å². The lowest BCUT2D eigenvalue weighted by Gasteiger charge is -2.12. The van der Waals surface area contributed by atoms with E-state index in [9.17, 15) is 4.79 Å². The van der Waals surface area contributed by atoms with Crippen LogP contribution in [0.4, 0.5) is 0 Å². The van der Waals surface area contributed by atoms with Gasteiger partial charge in [-0.05, 0) is 49.9 Å². The Morgan fingerprint density at radius 3 is 3.05 bits per heavy atom. The number of oxime groups is 1. The van der Waals surface area contributed by atoms with E-state index in [1.165, 1.54) is 0 Å². The van der Waals surface area contributed by atoms with Crippen LogP contribution >= 0.6 is 0 Å². The maximum atomic E-state index is 11.8. The largest absolute Gasteiger partial charge is 0.462 e. The van der Waals surface area contributed by atoms with Gasteiger partial charge >= 0.3 is 5.97 Å².